The highest BCUT2D eigenvalue weighted by Crippen LogP contribution is 2.28. The van der Waals surface area contributed by atoms with Gasteiger partial charge in [0.05, 0.1) is 6.10 Å². The third-order valence-electron chi connectivity index (χ3n) is 4.48. The van der Waals surface area contributed by atoms with Crippen LogP contribution >= 0.6 is 15.9 Å². The Labute approximate surface area is 146 Å². The topological polar surface area (TPSA) is 44.7 Å². The summed E-state index contributed by atoms with van der Waals surface area (Å²) in [6.07, 6.45) is 5.14. The maximum Gasteiger partial charge on any atom is 0.127 e. The number of ether oxygens (including phenoxy) is 1. The van der Waals surface area contributed by atoms with Gasteiger partial charge in [-0.2, -0.15) is 0 Å². The summed E-state index contributed by atoms with van der Waals surface area (Å²) in [6, 6.07) is 6.12. The Bertz CT molecular complexity index is 554. The molecule has 0 aliphatic carbocycles. The molecular formula is C18H25BrN2O2. The van der Waals surface area contributed by atoms with Crippen molar-refractivity contribution in [2.24, 2.45) is 0 Å². The smallest absolute Gasteiger partial charge is 0.127 e. The molecule has 1 aromatic rings. The fraction of sp³-hybridized carbons (Fsp3) is 0.556. The molecule has 0 spiro atoms. The van der Waals surface area contributed by atoms with Crippen LogP contribution in [-0.2, 0) is 0 Å². The van der Waals surface area contributed by atoms with E-state index in [1.807, 2.05) is 12.1 Å². The number of nitrogens with one attached hydrogen (secondary N) is 1. The van der Waals surface area contributed by atoms with Gasteiger partial charge in [0.2, 0.25) is 0 Å². The minimum absolute atomic E-state index is 0.0782. The van der Waals surface area contributed by atoms with Gasteiger partial charge in [0, 0.05) is 29.7 Å². The molecule has 1 aromatic carbocycles. The number of aliphatic hydroxyl groups excluding tert-OH is 1. The number of halogens is 1. The van der Waals surface area contributed by atoms with Gasteiger partial charge >= 0.3 is 0 Å². The van der Waals surface area contributed by atoms with Gasteiger partial charge in [-0.25, -0.2) is 0 Å². The molecule has 0 saturated carbocycles. The van der Waals surface area contributed by atoms with Crippen molar-refractivity contribution in [2.45, 2.75) is 25.4 Å². The van der Waals surface area contributed by atoms with E-state index in [-0.39, 0.29) is 6.10 Å². The minimum Gasteiger partial charge on any atom is -0.489 e. The first-order chi connectivity index (χ1) is 11.2. The van der Waals surface area contributed by atoms with Crippen molar-refractivity contribution in [2.75, 3.05) is 39.3 Å². The molecule has 0 unspecified atom stereocenters. The van der Waals surface area contributed by atoms with Gasteiger partial charge in [-0.1, -0.05) is 15.9 Å². The van der Waals surface area contributed by atoms with E-state index in [9.17, 15) is 5.11 Å². The van der Waals surface area contributed by atoms with E-state index in [2.05, 4.69) is 38.3 Å². The van der Waals surface area contributed by atoms with Gasteiger partial charge in [-0.05, 0) is 62.2 Å². The first kappa shape index (κ1) is 17.0. The van der Waals surface area contributed by atoms with Gasteiger partial charge in [0.1, 0.15) is 12.4 Å². The molecule has 2 aliphatic heterocycles. The van der Waals surface area contributed by atoms with Crippen molar-refractivity contribution in [3.63, 3.8) is 0 Å². The van der Waals surface area contributed by atoms with Crippen molar-refractivity contribution >= 4 is 22.0 Å². The van der Waals surface area contributed by atoms with Crippen molar-refractivity contribution in [3.8, 4) is 5.75 Å². The molecule has 3 rings (SSSR count). The molecule has 23 heavy (non-hydrogen) atoms. The first-order valence-corrected chi connectivity index (χ1v) is 9.23. The molecule has 2 heterocycles. The van der Waals surface area contributed by atoms with Crippen LogP contribution in [0.3, 0.4) is 0 Å². The summed E-state index contributed by atoms with van der Waals surface area (Å²) < 4.78 is 6.87. The van der Waals surface area contributed by atoms with Crippen LogP contribution in [-0.4, -0.2) is 55.4 Å². The third-order valence-corrected chi connectivity index (χ3v) is 4.97. The van der Waals surface area contributed by atoms with Crippen LogP contribution in [0, 0.1) is 0 Å². The average Bonchev–Trinajstić information content (AvgIpc) is 2.56. The molecule has 2 aliphatic rings. The number of likely N-dealkylation sites (tertiary alicyclic amines) is 1. The molecule has 0 radical (unpaired) electrons. The largest absolute Gasteiger partial charge is 0.489 e. The lowest BCUT2D eigenvalue weighted by Gasteiger charge is -2.29. The molecule has 1 fully saturated rings. The second-order valence-electron chi connectivity index (χ2n) is 6.38. The van der Waals surface area contributed by atoms with Crippen LogP contribution in [0.5, 0.6) is 5.75 Å². The average molecular weight is 381 g/mol. The number of benzene rings is 1. The summed E-state index contributed by atoms with van der Waals surface area (Å²) in [4.78, 5) is 2.45. The number of rotatable bonds is 6. The summed E-state index contributed by atoms with van der Waals surface area (Å²) in [5.74, 6) is 0.962. The van der Waals surface area contributed by atoms with E-state index in [0.29, 0.717) is 6.61 Å². The third kappa shape index (κ3) is 5.05. The van der Waals surface area contributed by atoms with E-state index < -0.39 is 0 Å². The van der Waals surface area contributed by atoms with E-state index >= 15 is 0 Å². The lowest BCUT2D eigenvalue weighted by Crippen LogP contribution is -2.37. The summed E-state index contributed by atoms with van der Waals surface area (Å²) in [5, 5.41) is 13.0. The monoisotopic (exact) mass is 380 g/mol. The quantitative estimate of drug-likeness (QED) is 0.744. The molecule has 0 amide bonds. The van der Waals surface area contributed by atoms with Crippen LogP contribution in [0.2, 0.25) is 0 Å². The molecule has 0 aromatic heterocycles. The Hall–Kier alpha value is -0.880. The standard InChI is InChI=1S/C18H25BrN2O2/c19-16-2-3-18-15(11-16)10-14(13-23-18)12-20-6-1-7-21-8-4-17(22)5-9-21/h2-3,10-11,17,20,22H,1,4-9,12-13H2. The molecular weight excluding hydrogens is 356 g/mol. The zero-order chi connectivity index (χ0) is 16.1. The number of piperidine rings is 1. The van der Waals surface area contributed by atoms with E-state index in [1.54, 1.807) is 0 Å². The lowest BCUT2D eigenvalue weighted by molar-refractivity contribution is 0.0821. The summed E-state index contributed by atoms with van der Waals surface area (Å²) in [7, 11) is 0. The SMILES string of the molecule is OC1CCN(CCCNCC2=Cc3cc(Br)ccc3OC2)CC1. The fourth-order valence-corrected chi connectivity index (χ4v) is 3.50. The van der Waals surface area contributed by atoms with Crippen molar-refractivity contribution in [3.05, 3.63) is 33.8 Å². The highest BCUT2D eigenvalue weighted by molar-refractivity contribution is 9.10. The van der Waals surface area contributed by atoms with Gasteiger partial charge in [-0.3, -0.25) is 0 Å². The maximum atomic E-state index is 9.51. The minimum atomic E-state index is -0.0782. The predicted octanol–water partition coefficient (Wildman–Crippen LogP) is 2.66. The second-order valence-corrected chi connectivity index (χ2v) is 7.29. The predicted molar refractivity (Wildman–Crippen MR) is 96.8 cm³/mol. The van der Waals surface area contributed by atoms with Crippen LogP contribution < -0.4 is 10.1 Å². The second kappa shape index (κ2) is 8.29. The van der Waals surface area contributed by atoms with E-state index in [0.717, 1.165) is 67.8 Å². The van der Waals surface area contributed by atoms with Crippen molar-refractivity contribution in [1.82, 2.24) is 10.2 Å². The lowest BCUT2D eigenvalue weighted by atomic mass is 10.1. The molecule has 126 valence electrons. The zero-order valence-corrected chi connectivity index (χ0v) is 15.0. The number of hydrogen-bond acceptors (Lipinski definition) is 4. The van der Waals surface area contributed by atoms with Crippen LogP contribution in [0.1, 0.15) is 24.8 Å². The van der Waals surface area contributed by atoms with Gasteiger partial charge in [0.25, 0.3) is 0 Å². The molecule has 4 nitrogen and oxygen atoms in total. The van der Waals surface area contributed by atoms with Crippen LogP contribution in [0.25, 0.3) is 6.08 Å². The maximum absolute atomic E-state index is 9.51. The fourth-order valence-electron chi connectivity index (χ4n) is 3.12. The number of hydrogen-bond donors (Lipinski definition) is 2. The molecule has 0 atom stereocenters. The molecule has 0 bridgehead atoms. The Morgan fingerprint density at radius 3 is 2.96 bits per heavy atom. The Balaban J connectivity index is 1.36. The summed E-state index contributed by atoms with van der Waals surface area (Å²) in [5.41, 5.74) is 2.44. The molecule has 2 N–H and O–H groups in total. The summed E-state index contributed by atoms with van der Waals surface area (Å²) >= 11 is 3.50. The first-order valence-electron chi connectivity index (χ1n) is 8.43. The summed E-state index contributed by atoms with van der Waals surface area (Å²) in [6.45, 7) is 5.75. The zero-order valence-electron chi connectivity index (χ0n) is 13.4. The number of aliphatic hydroxyl groups is 1. The van der Waals surface area contributed by atoms with Gasteiger partial charge in [0.15, 0.2) is 0 Å². The Morgan fingerprint density at radius 2 is 2.13 bits per heavy atom. The highest BCUT2D eigenvalue weighted by atomic mass is 79.9. The van der Waals surface area contributed by atoms with E-state index in [1.165, 1.54) is 5.57 Å². The van der Waals surface area contributed by atoms with E-state index in [4.69, 9.17) is 4.74 Å². The van der Waals surface area contributed by atoms with Crippen LogP contribution in [0.4, 0.5) is 0 Å². The van der Waals surface area contributed by atoms with Crippen molar-refractivity contribution < 1.29 is 9.84 Å². The normalized spacial score (nSPS) is 19.1. The van der Waals surface area contributed by atoms with Gasteiger partial charge in [-0.15, -0.1) is 0 Å². The Morgan fingerprint density at radius 1 is 1.30 bits per heavy atom. The molecule has 5 heteroatoms. The van der Waals surface area contributed by atoms with Crippen molar-refractivity contribution in [1.29, 1.82) is 0 Å². The molecule has 1 saturated heterocycles. The van der Waals surface area contributed by atoms with Gasteiger partial charge < -0.3 is 20.1 Å². The number of fused-ring (bicyclic) bond motifs is 1. The number of nitrogens with zero attached hydrogens (tertiary/aromatic N) is 1. The van der Waals surface area contributed by atoms with Crippen LogP contribution in [0.15, 0.2) is 28.2 Å². The highest BCUT2D eigenvalue weighted by Gasteiger charge is 2.16. The Kier molecular flexibility index (Phi) is 6.11.